The maximum Gasteiger partial charge on any atom is 0.159 e. The highest BCUT2D eigenvalue weighted by atomic mass is 19.2. The van der Waals surface area contributed by atoms with Gasteiger partial charge >= 0.3 is 0 Å². The van der Waals surface area contributed by atoms with Crippen LogP contribution in [0.5, 0.6) is 5.75 Å². The van der Waals surface area contributed by atoms with Crippen LogP contribution in [0.25, 0.3) is 11.1 Å². The molecule has 1 aromatic heterocycles. The van der Waals surface area contributed by atoms with Gasteiger partial charge in [-0.2, -0.15) is 0 Å². The van der Waals surface area contributed by atoms with E-state index in [0.717, 1.165) is 22.8 Å². The van der Waals surface area contributed by atoms with E-state index in [4.69, 9.17) is 10.5 Å². The van der Waals surface area contributed by atoms with Crippen LogP contribution in [0.3, 0.4) is 0 Å². The third-order valence-electron chi connectivity index (χ3n) is 4.48. The maximum absolute atomic E-state index is 13.6. The van der Waals surface area contributed by atoms with E-state index in [-0.39, 0.29) is 5.92 Å². The van der Waals surface area contributed by atoms with Crippen molar-refractivity contribution in [3.05, 3.63) is 77.6 Å². The molecule has 1 atom stereocenters. The van der Waals surface area contributed by atoms with Crippen LogP contribution in [-0.4, -0.2) is 12.1 Å². The van der Waals surface area contributed by atoms with Gasteiger partial charge < -0.3 is 10.5 Å². The maximum atomic E-state index is 13.6. The molecule has 0 aliphatic rings. The molecule has 5 heteroatoms. The zero-order valence-electron chi connectivity index (χ0n) is 14.7. The van der Waals surface area contributed by atoms with Crippen LogP contribution < -0.4 is 10.5 Å². The average molecular weight is 354 g/mol. The smallest absolute Gasteiger partial charge is 0.159 e. The van der Waals surface area contributed by atoms with Gasteiger partial charge in [-0.15, -0.1) is 0 Å². The van der Waals surface area contributed by atoms with E-state index in [1.165, 1.54) is 19.2 Å². The van der Waals surface area contributed by atoms with Gasteiger partial charge in [0.05, 0.1) is 12.8 Å². The summed E-state index contributed by atoms with van der Waals surface area (Å²) >= 11 is 0. The Morgan fingerprint density at radius 1 is 1.08 bits per heavy atom. The van der Waals surface area contributed by atoms with E-state index >= 15 is 0 Å². The Hall–Kier alpha value is -2.95. The molecule has 2 N–H and O–H groups in total. The molecule has 0 radical (unpaired) electrons. The van der Waals surface area contributed by atoms with Gasteiger partial charge in [0.1, 0.15) is 5.75 Å². The average Bonchev–Trinajstić information content (AvgIpc) is 2.66. The van der Waals surface area contributed by atoms with Crippen molar-refractivity contribution in [3.63, 3.8) is 0 Å². The normalized spacial score (nSPS) is 12.0. The summed E-state index contributed by atoms with van der Waals surface area (Å²) in [6, 6.07) is 11.4. The molecule has 2 aromatic carbocycles. The molecule has 0 bridgehead atoms. The lowest BCUT2D eigenvalue weighted by molar-refractivity contribution is 0.416. The van der Waals surface area contributed by atoms with Crippen molar-refractivity contribution < 1.29 is 13.5 Å². The number of methoxy groups -OCH3 is 1. The Labute approximate surface area is 151 Å². The monoisotopic (exact) mass is 354 g/mol. The van der Waals surface area contributed by atoms with E-state index in [0.29, 0.717) is 23.4 Å². The molecule has 26 heavy (non-hydrogen) atoms. The first-order chi connectivity index (χ1) is 12.5. The van der Waals surface area contributed by atoms with Crippen molar-refractivity contribution >= 4 is 5.69 Å². The number of anilines is 1. The van der Waals surface area contributed by atoms with Gasteiger partial charge in [-0.05, 0) is 64.9 Å². The first-order valence-corrected chi connectivity index (χ1v) is 8.31. The highest BCUT2D eigenvalue weighted by Crippen LogP contribution is 2.35. The van der Waals surface area contributed by atoms with Gasteiger partial charge in [0.2, 0.25) is 0 Å². The zero-order valence-corrected chi connectivity index (χ0v) is 14.7. The molecule has 0 saturated carbocycles. The molecule has 3 rings (SSSR count). The van der Waals surface area contributed by atoms with Gasteiger partial charge in [0.15, 0.2) is 11.6 Å². The van der Waals surface area contributed by atoms with Crippen molar-refractivity contribution in [1.29, 1.82) is 0 Å². The summed E-state index contributed by atoms with van der Waals surface area (Å²) in [6.07, 6.45) is 4.24. The van der Waals surface area contributed by atoms with E-state index < -0.39 is 11.6 Å². The van der Waals surface area contributed by atoms with E-state index in [1.54, 1.807) is 12.3 Å². The molecule has 134 valence electrons. The lowest BCUT2D eigenvalue weighted by atomic mass is 9.91. The van der Waals surface area contributed by atoms with Crippen LogP contribution in [0.4, 0.5) is 14.5 Å². The van der Waals surface area contributed by atoms with Gasteiger partial charge in [-0.1, -0.05) is 19.1 Å². The van der Waals surface area contributed by atoms with Crippen molar-refractivity contribution in [2.45, 2.75) is 19.3 Å². The van der Waals surface area contributed by atoms with Crippen molar-refractivity contribution in [1.82, 2.24) is 4.98 Å². The number of hydrogen-bond donors (Lipinski definition) is 1. The van der Waals surface area contributed by atoms with E-state index in [1.807, 2.05) is 24.4 Å². The summed E-state index contributed by atoms with van der Waals surface area (Å²) in [5, 5.41) is 0. The fraction of sp³-hybridized carbons (Fsp3) is 0.190. The molecular formula is C21H20F2N2O. The third kappa shape index (κ3) is 3.67. The van der Waals surface area contributed by atoms with Gasteiger partial charge in [-0.25, -0.2) is 8.78 Å². The van der Waals surface area contributed by atoms with Crippen LogP contribution in [0.2, 0.25) is 0 Å². The largest absolute Gasteiger partial charge is 0.495 e. The van der Waals surface area contributed by atoms with Crippen LogP contribution in [-0.2, 0) is 6.42 Å². The van der Waals surface area contributed by atoms with Crippen LogP contribution in [0.1, 0.15) is 24.0 Å². The molecule has 0 amide bonds. The minimum absolute atomic E-state index is 0.191. The Kier molecular flexibility index (Phi) is 5.16. The summed E-state index contributed by atoms with van der Waals surface area (Å²) < 4.78 is 32.2. The summed E-state index contributed by atoms with van der Waals surface area (Å²) in [6.45, 7) is 2.09. The number of nitrogens with two attached hydrogens (primary N) is 1. The number of pyridine rings is 1. The molecular weight excluding hydrogens is 334 g/mol. The fourth-order valence-corrected chi connectivity index (χ4v) is 2.98. The van der Waals surface area contributed by atoms with Crippen molar-refractivity contribution in [2.24, 2.45) is 0 Å². The highest BCUT2D eigenvalue weighted by Gasteiger charge is 2.15. The lowest BCUT2D eigenvalue weighted by Crippen LogP contribution is -2.04. The molecule has 3 nitrogen and oxygen atoms in total. The standard InChI is InChI=1S/C21H20F2N2O/c1-13(15-4-3-7-25-12-15)8-17-9-16(11-20(26-2)21(17)24)14-5-6-18(22)19(23)10-14/h3-7,9-13H,8,24H2,1-2H3. The number of aromatic nitrogens is 1. The number of hydrogen-bond acceptors (Lipinski definition) is 3. The number of nitrogens with zero attached hydrogens (tertiary/aromatic N) is 1. The van der Waals surface area contributed by atoms with E-state index in [9.17, 15) is 8.78 Å². The number of nitrogen functional groups attached to an aromatic ring is 1. The molecule has 3 aromatic rings. The molecule has 1 unspecified atom stereocenters. The molecule has 0 spiro atoms. The molecule has 1 heterocycles. The van der Waals surface area contributed by atoms with Gasteiger partial charge in [0, 0.05) is 12.4 Å². The zero-order chi connectivity index (χ0) is 18.7. The van der Waals surface area contributed by atoms with E-state index in [2.05, 4.69) is 11.9 Å². The third-order valence-corrected chi connectivity index (χ3v) is 4.48. The highest BCUT2D eigenvalue weighted by molar-refractivity contribution is 5.73. The SMILES string of the molecule is COc1cc(-c2ccc(F)c(F)c2)cc(CC(C)c2cccnc2)c1N. The number of ether oxygens (including phenoxy) is 1. The second-order valence-corrected chi connectivity index (χ2v) is 6.27. The van der Waals surface area contributed by atoms with Crippen LogP contribution >= 0.6 is 0 Å². The Morgan fingerprint density at radius 3 is 2.54 bits per heavy atom. The number of halogens is 2. The summed E-state index contributed by atoms with van der Waals surface area (Å²) in [7, 11) is 1.54. The molecule has 0 fully saturated rings. The first kappa shape index (κ1) is 17.9. The second-order valence-electron chi connectivity index (χ2n) is 6.27. The molecule has 0 aliphatic heterocycles. The fourth-order valence-electron chi connectivity index (χ4n) is 2.98. The minimum atomic E-state index is -0.886. The number of benzene rings is 2. The number of rotatable bonds is 5. The predicted octanol–water partition coefficient (Wildman–Crippen LogP) is 4.96. The van der Waals surface area contributed by atoms with Crippen molar-refractivity contribution in [2.75, 3.05) is 12.8 Å². The van der Waals surface area contributed by atoms with Crippen molar-refractivity contribution in [3.8, 4) is 16.9 Å². The second kappa shape index (κ2) is 7.52. The summed E-state index contributed by atoms with van der Waals surface area (Å²) in [5.41, 5.74) is 10.1. The topological polar surface area (TPSA) is 48.1 Å². The van der Waals surface area contributed by atoms with Gasteiger partial charge in [0.25, 0.3) is 0 Å². The minimum Gasteiger partial charge on any atom is -0.495 e. The first-order valence-electron chi connectivity index (χ1n) is 8.31. The Balaban J connectivity index is 2.00. The Morgan fingerprint density at radius 2 is 1.88 bits per heavy atom. The van der Waals surface area contributed by atoms with Crippen LogP contribution in [0.15, 0.2) is 54.9 Å². The molecule has 0 aliphatic carbocycles. The molecule has 0 saturated heterocycles. The quantitative estimate of drug-likeness (QED) is 0.659. The lowest BCUT2D eigenvalue weighted by Gasteiger charge is -2.17. The Bertz CT molecular complexity index is 913. The van der Waals surface area contributed by atoms with Gasteiger partial charge in [-0.3, -0.25) is 4.98 Å². The predicted molar refractivity (Wildman–Crippen MR) is 99.1 cm³/mol. The van der Waals surface area contributed by atoms with Crippen LogP contribution in [0, 0.1) is 11.6 Å². The summed E-state index contributed by atoms with van der Waals surface area (Å²) in [5.74, 6) is -1.05. The summed E-state index contributed by atoms with van der Waals surface area (Å²) in [4.78, 5) is 4.15.